The Kier molecular flexibility index (Phi) is 5.48. The molecule has 0 aliphatic rings. The summed E-state index contributed by atoms with van der Waals surface area (Å²) in [5.74, 6) is -1.10. The van der Waals surface area contributed by atoms with Crippen LogP contribution >= 0.6 is 23.2 Å². The SMILES string of the molecule is Cn1c(-c2ccccc2)nc(C(=O)NCc2ccc(Cl)c(Cl)c2)c(O)c1=O. The van der Waals surface area contributed by atoms with Crippen molar-refractivity contribution < 1.29 is 9.90 Å². The van der Waals surface area contributed by atoms with E-state index < -0.39 is 17.2 Å². The third-order valence-electron chi connectivity index (χ3n) is 3.95. The Bertz CT molecular complexity index is 1070. The molecule has 0 radical (unpaired) electrons. The lowest BCUT2D eigenvalue weighted by Crippen LogP contribution is -2.29. The zero-order valence-corrected chi connectivity index (χ0v) is 15.8. The first kappa shape index (κ1) is 18.9. The largest absolute Gasteiger partial charge is 0.501 e. The molecule has 3 rings (SSSR count). The number of halogens is 2. The van der Waals surface area contributed by atoms with E-state index in [1.807, 2.05) is 6.07 Å². The van der Waals surface area contributed by atoms with Gasteiger partial charge in [-0.3, -0.25) is 14.2 Å². The summed E-state index contributed by atoms with van der Waals surface area (Å²) in [6, 6.07) is 13.9. The molecular weight excluding hydrogens is 389 g/mol. The Balaban J connectivity index is 1.91. The maximum atomic E-state index is 12.5. The summed E-state index contributed by atoms with van der Waals surface area (Å²) < 4.78 is 1.19. The van der Waals surface area contributed by atoms with E-state index in [1.165, 1.54) is 11.6 Å². The molecule has 0 bridgehead atoms. The Hall–Kier alpha value is -2.83. The quantitative estimate of drug-likeness (QED) is 0.698. The number of carbonyl (C=O) groups excluding carboxylic acids is 1. The second-order valence-corrected chi connectivity index (χ2v) is 6.61. The molecule has 27 heavy (non-hydrogen) atoms. The minimum absolute atomic E-state index is 0.132. The van der Waals surface area contributed by atoms with Crippen LogP contribution in [0, 0.1) is 0 Å². The first-order chi connectivity index (χ1) is 12.9. The van der Waals surface area contributed by atoms with Gasteiger partial charge in [-0.2, -0.15) is 0 Å². The molecule has 0 spiro atoms. The van der Waals surface area contributed by atoms with E-state index in [2.05, 4.69) is 10.3 Å². The number of nitrogens with zero attached hydrogens (tertiary/aromatic N) is 2. The lowest BCUT2D eigenvalue weighted by atomic mass is 10.2. The third kappa shape index (κ3) is 3.97. The number of aromatic nitrogens is 2. The lowest BCUT2D eigenvalue weighted by molar-refractivity contribution is 0.0942. The molecule has 0 aliphatic carbocycles. The van der Waals surface area contributed by atoms with Crippen molar-refractivity contribution in [1.29, 1.82) is 0 Å². The summed E-state index contributed by atoms with van der Waals surface area (Å²) in [4.78, 5) is 29.0. The van der Waals surface area contributed by atoms with Crippen molar-refractivity contribution >= 4 is 29.1 Å². The van der Waals surface area contributed by atoms with E-state index in [1.54, 1.807) is 42.5 Å². The van der Waals surface area contributed by atoms with Crippen molar-refractivity contribution in [2.45, 2.75) is 6.54 Å². The smallest absolute Gasteiger partial charge is 0.296 e. The summed E-state index contributed by atoms with van der Waals surface area (Å²) in [7, 11) is 1.48. The van der Waals surface area contributed by atoms with Gasteiger partial charge in [0.1, 0.15) is 5.82 Å². The van der Waals surface area contributed by atoms with Crippen molar-refractivity contribution in [3.05, 3.63) is 80.2 Å². The second-order valence-electron chi connectivity index (χ2n) is 5.79. The summed E-state index contributed by atoms with van der Waals surface area (Å²) in [6.07, 6.45) is 0. The molecule has 138 valence electrons. The highest BCUT2D eigenvalue weighted by Gasteiger charge is 2.20. The van der Waals surface area contributed by atoms with Crippen LogP contribution in [0.4, 0.5) is 0 Å². The van der Waals surface area contributed by atoms with Gasteiger partial charge in [-0.05, 0) is 17.7 Å². The first-order valence-electron chi connectivity index (χ1n) is 7.96. The second kappa shape index (κ2) is 7.82. The van der Waals surface area contributed by atoms with Crippen molar-refractivity contribution in [3.8, 4) is 17.1 Å². The molecule has 2 N–H and O–H groups in total. The lowest BCUT2D eigenvalue weighted by Gasteiger charge is -2.12. The number of carbonyl (C=O) groups is 1. The average Bonchev–Trinajstić information content (AvgIpc) is 2.68. The molecular formula is C19H15Cl2N3O3. The fourth-order valence-corrected chi connectivity index (χ4v) is 2.83. The van der Waals surface area contributed by atoms with Gasteiger partial charge in [-0.25, -0.2) is 4.98 Å². The molecule has 0 aliphatic heterocycles. The van der Waals surface area contributed by atoms with Crippen molar-refractivity contribution in [1.82, 2.24) is 14.9 Å². The summed E-state index contributed by atoms with van der Waals surface area (Å²) in [5, 5.41) is 13.5. The Labute approximate surface area is 165 Å². The van der Waals surface area contributed by atoms with Gasteiger partial charge < -0.3 is 10.4 Å². The molecule has 0 saturated carbocycles. The van der Waals surface area contributed by atoms with Crippen LogP contribution in [-0.2, 0) is 13.6 Å². The van der Waals surface area contributed by atoms with Crippen LogP contribution in [0.15, 0.2) is 53.3 Å². The molecule has 8 heteroatoms. The molecule has 3 aromatic rings. The number of aromatic hydroxyl groups is 1. The Morgan fingerprint density at radius 3 is 2.52 bits per heavy atom. The monoisotopic (exact) mass is 403 g/mol. The zero-order chi connectivity index (χ0) is 19.6. The molecule has 0 fully saturated rings. The Morgan fingerprint density at radius 1 is 1.15 bits per heavy atom. The average molecular weight is 404 g/mol. The maximum absolute atomic E-state index is 12.5. The topological polar surface area (TPSA) is 84.2 Å². The standard InChI is InChI=1S/C19H15Cl2N3O3/c1-24-17(12-5-3-2-4-6-12)23-15(16(25)19(24)27)18(26)22-10-11-7-8-13(20)14(21)9-11/h2-9,25H,10H2,1H3,(H,22,26). The highest BCUT2D eigenvalue weighted by Crippen LogP contribution is 2.23. The maximum Gasteiger partial charge on any atom is 0.296 e. The van der Waals surface area contributed by atoms with E-state index >= 15 is 0 Å². The van der Waals surface area contributed by atoms with Crippen molar-refractivity contribution in [2.24, 2.45) is 7.05 Å². The van der Waals surface area contributed by atoms with Crippen LogP contribution in [0.2, 0.25) is 10.0 Å². The van der Waals surface area contributed by atoms with Crippen LogP contribution in [0.1, 0.15) is 16.1 Å². The zero-order valence-electron chi connectivity index (χ0n) is 14.2. The number of hydrogen-bond acceptors (Lipinski definition) is 4. The molecule has 1 heterocycles. The number of hydrogen-bond donors (Lipinski definition) is 2. The molecule has 0 atom stereocenters. The molecule has 1 aromatic heterocycles. The number of nitrogens with one attached hydrogen (secondary N) is 1. The fourth-order valence-electron chi connectivity index (χ4n) is 2.51. The van der Waals surface area contributed by atoms with Gasteiger partial charge in [0.2, 0.25) is 5.75 Å². The molecule has 6 nitrogen and oxygen atoms in total. The third-order valence-corrected chi connectivity index (χ3v) is 4.69. The normalized spacial score (nSPS) is 10.6. The minimum Gasteiger partial charge on any atom is -0.501 e. The van der Waals surface area contributed by atoms with E-state index in [9.17, 15) is 14.7 Å². The highest BCUT2D eigenvalue weighted by molar-refractivity contribution is 6.42. The number of amides is 1. The van der Waals surface area contributed by atoms with Crippen LogP contribution < -0.4 is 10.9 Å². The van der Waals surface area contributed by atoms with Gasteiger partial charge in [0, 0.05) is 19.2 Å². The summed E-state index contributed by atoms with van der Waals surface area (Å²) in [5.41, 5.74) is 0.320. The highest BCUT2D eigenvalue weighted by atomic mass is 35.5. The van der Waals surface area contributed by atoms with Crippen LogP contribution in [0.5, 0.6) is 5.75 Å². The predicted molar refractivity (Wildman–Crippen MR) is 104 cm³/mol. The predicted octanol–water partition coefficient (Wildman–Crippen LogP) is 3.39. The molecule has 0 unspecified atom stereocenters. The van der Waals surface area contributed by atoms with Gasteiger partial charge in [-0.15, -0.1) is 0 Å². The summed E-state index contributed by atoms with van der Waals surface area (Å²) >= 11 is 11.8. The van der Waals surface area contributed by atoms with E-state index in [4.69, 9.17) is 23.2 Å². The van der Waals surface area contributed by atoms with E-state index in [0.717, 1.165) is 0 Å². The van der Waals surface area contributed by atoms with Gasteiger partial charge in [-0.1, -0.05) is 59.6 Å². The number of benzene rings is 2. The Morgan fingerprint density at radius 2 is 1.85 bits per heavy atom. The van der Waals surface area contributed by atoms with Gasteiger partial charge in [0.15, 0.2) is 5.69 Å². The van der Waals surface area contributed by atoms with Crippen LogP contribution in [0.25, 0.3) is 11.4 Å². The molecule has 1 amide bonds. The van der Waals surface area contributed by atoms with E-state index in [-0.39, 0.29) is 18.1 Å². The van der Waals surface area contributed by atoms with Gasteiger partial charge >= 0.3 is 0 Å². The number of rotatable bonds is 4. The van der Waals surface area contributed by atoms with E-state index in [0.29, 0.717) is 21.2 Å². The first-order valence-corrected chi connectivity index (χ1v) is 8.71. The minimum atomic E-state index is -0.705. The van der Waals surface area contributed by atoms with Crippen molar-refractivity contribution in [3.63, 3.8) is 0 Å². The van der Waals surface area contributed by atoms with Gasteiger partial charge in [0.05, 0.1) is 10.0 Å². The fraction of sp³-hybridized carbons (Fsp3) is 0.105. The van der Waals surface area contributed by atoms with Gasteiger partial charge in [0.25, 0.3) is 11.5 Å². The van der Waals surface area contributed by atoms with Crippen LogP contribution in [0.3, 0.4) is 0 Å². The molecule has 0 saturated heterocycles. The molecule has 2 aromatic carbocycles. The van der Waals surface area contributed by atoms with Crippen LogP contribution in [-0.4, -0.2) is 20.6 Å². The summed E-state index contributed by atoms with van der Waals surface area (Å²) in [6.45, 7) is 0.132. The van der Waals surface area contributed by atoms with Crippen molar-refractivity contribution in [2.75, 3.05) is 0 Å².